The number of furan rings is 1. The highest BCUT2D eigenvalue weighted by molar-refractivity contribution is 6.08. The number of nitrogen functional groups attached to an aromatic ring is 1. The number of hydrogen-bond donors (Lipinski definition) is 1. The number of ether oxygens (including phenoxy) is 1. The number of rotatable bonds is 5. The molecule has 0 radical (unpaired) electrons. The van der Waals surface area contributed by atoms with Crippen LogP contribution >= 0.6 is 0 Å². The van der Waals surface area contributed by atoms with Crippen LogP contribution in [0, 0.1) is 0 Å². The van der Waals surface area contributed by atoms with Gasteiger partial charge in [-0.2, -0.15) is 0 Å². The van der Waals surface area contributed by atoms with E-state index in [2.05, 4.69) is 4.98 Å². The summed E-state index contributed by atoms with van der Waals surface area (Å²) in [5.41, 5.74) is 8.98. The van der Waals surface area contributed by atoms with Gasteiger partial charge in [-0.15, -0.1) is 0 Å². The predicted molar refractivity (Wildman–Crippen MR) is 102 cm³/mol. The van der Waals surface area contributed by atoms with E-state index >= 15 is 0 Å². The molecule has 0 aliphatic carbocycles. The summed E-state index contributed by atoms with van der Waals surface area (Å²) in [6.07, 6.45) is 2.09. The van der Waals surface area contributed by atoms with Crippen LogP contribution in [0.2, 0.25) is 0 Å². The molecule has 3 heterocycles. The molecule has 7 nitrogen and oxygen atoms in total. The lowest BCUT2D eigenvalue weighted by Crippen LogP contribution is -2.16. The third-order valence-corrected chi connectivity index (χ3v) is 4.57. The van der Waals surface area contributed by atoms with Gasteiger partial charge in [0.15, 0.2) is 5.65 Å². The van der Waals surface area contributed by atoms with Crippen LogP contribution in [-0.2, 0) is 11.3 Å². The lowest BCUT2D eigenvalue weighted by Gasteiger charge is -2.10. The van der Waals surface area contributed by atoms with E-state index in [4.69, 9.17) is 19.9 Å². The molecule has 0 saturated carbocycles. The fourth-order valence-electron chi connectivity index (χ4n) is 2.96. The van der Waals surface area contributed by atoms with Gasteiger partial charge in [-0.05, 0) is 37.6 Å². The Labute approximate surface area is 155 Å². The van der Waals surface area contributed by atoms with Gasteiger partial charge >= 0.3 is 5.97 Å². The minimum absolute atomic E-state index is 0.214. The molecule has 0 spiro atoms. The van der Waals surface area contributed by atoms with E-state index in [0.717, 1.165) is 5.52 Å². The second kappa shape index (κ2) is 6.75. The number of carbonyl (C=O) groups is 1. The van der Waals surface area contributed by atoms with Crippen molar-refractivity contribution in [3.8, 4) is 0 Å². The lowest BCUT2D eigenvalue weighted by atomic mass is 10.2. The normalized spacial score (nSPS) is 12.5. The molecular formula is C20H20N4O3. The molecule has 138 valence electrons. The van der Waals surface area contributed by atoms with Gasteiger partial charge in [0.25, 0.3) is 0 Å². The Kier molecular flexibility index (Phi) is 4.27. The van der Waals surface area contributed by atoms with E-state index in [1.807, 2.05) is 44.2 Å². The minimum Gasteiger partial charge on any atom is -0.467 e. The Morgan fingerprint density at radius 2 is 1.96 bits per heavy atom. The Morgan fingerprint density at radius 1 is 1.22 bits per heavy atom. The molecule has 3 aromatic heterocycles. The van der Waals surface area contributed by atoms with E-state index in [0.29, 0.717) is 35.4 Å². The van der Waals surface area contributed by atoms with Crippen LogP contribution in [0.1, 0.15) is 36.4 Å². The smallest absolute Gasteiger partial charge is 0.344 e. The van der Waals surface area contributed by atoms with Gasteiger partial charge in [0.2, 0.25) is 0 Å². The third-order valence-electron chi connectivity index (χ3n) is 4.57. The predicted octanol–water partition coefficient (Wildman–Crippen LogP) is 3.76. The fourth-order valence-corrected chi connectivity index (χ4v) is 2.96. The average Bonchev–Trinajstić information content (AvgIpc) is 3.27. The lowest BCUT2D eigenvalue weighted by molar-refractivity contribution is 0.0338. The number of esters is 1. The van der Waals surface area contributed by atoms with Crippen molar-refractivity contribution in [1.29, 1.82) is 0 Å². The van der Waals surface area contributed by atoms with E-state index in [9.17, 15) is 4.79 Å². The summed E-state index contributed by atoms with van der Waals surface area (Å²) in [6, 6.07) is 11.1. The highest BCUT2D eigenvalue weighted by atomic mass is 16.5. The molecule has 0 unspecified atom stereocenters. The van der Waals surface area contributed by atoms with Crippen molar-refractivity contribution >= 4 is 34.0 Å². The molecule has 27 heavy (non-hydrogen) atoms. The first-order valence-electron chi connectivity index (χ1n) is 8.86. The number of carbonyl (C=O) groups excluding carboxylic acids is 1. The van der Waals surface area contributed by atoms with E-state index in [-0.39, 0.29) is 17.5 Å². The van der Waals surface area contributed by atoms with Gasteiger partial charge in [-0.25, -0.2) is 14.8 Å². The van der Waals surface area contributed by atoms with Crippen LogP contribution in [0.4, 0.5) is 5.82 Å². The number of fused-ring (bicyclic) bond motifs is 2. The molecule has 0 bridgehead atoms. The standard InChI is InChI=1S/C20H20N4O3/c1-3-12(2)27-20(25)16-17-19(23-15-9-5-4-8-14(15)22-17)24(18(16)21)11-13-7-6-10-26-13/h4-10,12H,3,11,21H2,1-2H3/t12-/m0/s1. The fraction of sp³-hybridized carbons (Fsp3) is 0.250. The number of nitrogens with two attached hydrogens (primary N) is 1. The van der Waals surface area contributed by atoms with Crippen LogP contribution in [0.15, 0.2) is 47.1 Å². The molecular weight excluding hydrogens is 344 g/mol. The van der Waals surface area contributed by atoms with Crippen LogP contribution in [0.5, 0.6) is 0 Å². The summed E-state index contributed by atoms with van der Waals surface area (Å²) in [4.78, 5) is 22.1. The number of benzene rings is 1. The Balaban J connectivity index is 1.93. The van der Waals surface area contributed by atoms with Gasteiger partial charge in [0.1, 0.15) is 22.7 Å². The molecule has 0 aliphatic heterocycles. The van der Waals surface area contributed by atoms with Gasteiger partial charge < -0.3 is 19.5 Å². The molecule has 0 saturated heterocycles. The summed E-state index contributed by atoms with van der Waals surface area (Å²) in [6.45, 7) is 4.14. The van der Waals surface area contributed by atoms with Crippen molar-refractivity contribution in [2.75, 3.05) is 5.73 Å². The van der Waals surface area contributed by atoms with E-state index in [1.54, 1.807) is 16.9 Å². The Hall–Kier alpha value is -3.35. The summed E-state index contributed by atoms with van der Waals surface area (Å²) < 4.78 is 12.7. The SMILES string of the molecule is CC[C@H](C)OC(=O)c1c(N)n(Cc2ccco2)c2nc3ccccc3nc12. The topological polar surface area (TPSA) is 96.2 Å². The van der Waals surface area contributed by atoms with Crippen molar-refractivity contribution in [2.45, 2.75) is 32.9 Å². The minimum atomic E-state index is -0.491. The highest BCUT2D eigenvalue weighted by Gasteiger charge is 2.26. The molecule has 0 aliphatic rings. The zero-order chi connectivity index (χ0) is 19.0. The molecule has 7 heteroatoms. The molecule has 1 atom stereocenters. The average molecular weight is 364 g/mol. The van der Waals surface area contributed by atoms with Gasteiger partial charge in [0.05, 0.1) is 29.9 Å². The van der Waals surface area contributed by atoms with Crippen molar-refractivity contribution in [1.82, 2.24) is 14.5 Å². The number of nitrogens with zero attached hydrogens (tertiary/aromatic N) is 3. The van der Waals surface area contributed by atoms with E-state index in [1.165, 1.54) is 0 Å². The molecule has 0 amide bonds. The summed E-state index contributed by atoms with van der Waals surface area (Å²) in [7, 11) is 0. The second-order valence-corrected chi connectivity index (χ2v) is 6.43. The zero-order valence-electron chi connectivity index (χ0n) is 15.2. The number of hydrogen-bond acceptors (Lipinski definition) is 6. The zero-order valence-corrected chi connectivity index (χ0v) is 15.2. The maximum Gasteiger partial charge on any atom is 0.344 e. The van der Waals surface area contributed by atoms with Gasteiger partial charge in [0, 0.05) is 0 Å². The maximum atomic E-state index is 12.8. The monoisotopic (exact) mass is 364 g/mol. The number of aromatic nitrogens is 3. The number of para-hydroxylation sites is 2. The first-order valence-corrected chi connectivity index (χ1v) is 8.86. The van der Waals surface area contributed by atoms with Crippen LogP contribution in [0.3, 0.4) is 0 Å². The summed E-state index contributed by atoms with van der Waals surface area (Å²) in [5, 5.41) is 0. The molecule has 4 rings (SSSR count). The van der Waals surface area contributed by atoms with E-state index < -0.39 is 5.97 Å². The second-order valence-electron chi connectivity index (χ2n) is 6.43. The Morgan fingerprint density at radius 3 is 2.63 bits per heavy atom. The summed E-state index contributed by atoms with van der Waals surface area (Å²) >= 11 is 0. The molecule has 1 aromatic carbocycles. The van der Waals surface area contributed by atoms with Gasteiger partial charge in [-0.1, -0.05) is 19.1 Å². The quantitative estimate of drug-likeness (QED) is 0.542. The highest BCUT2D eigenvalue weighted by Crippen LogP contribution is 2.29. The summed E-state index contributed by atoms with van der Waals surface area (Å²) in [5.74, 6) is 0.482. The van der Waals surface area contributed by atoms with Crippen molar-refractivity contribution < 1.29 is 13.9 Å². The molecule has 2 N–H and O–H groups in total. The van der Waals surface area contributed by atoms with Crippen molar-refractivity contribution in [2.24, 2.45) is 0 Å². The van der Waals surface area contributed by atoms with Crippen LogP contribution in [-0.4, -0.2) is 26.6 Å². The molecule has 4 aromatic rings. The van der Waals surface area contributed by atoms with Crippen LogP contribution in [0.25, 0.3) is 22.2 Å². The Bertz CT molecular complexity index is 1120. The maximum absolute atomic E-state index is 12.8. The number of anilines is 1. The van der Waals surface area contributed by atoms with Crippen molar-refractivity contribution in [3.63, 3.8) is 0 Å². The van der Waals surface area contributed by atoms with Gasteiger partial charge in [-0.3, -0.25) is 0 Å². The first kappa shape index (κ1) is 17.1. The molecule has 0 fully saturated rings. The third kappa shape index (κ3) is 3.01. The van der Waals surface area contributed by atoms with Crippen LogP contribution < -0.4 is 5.73 Å². The largest absolute Gasteiger partial charge is 0.467 e. The first-order chi connectivity index (χ1) is 13.1. The van der Waals surface area contributed by atoms with Crippen molar-refractivity contribution in [3.05, 3.63) is 54.0 Å².